The van der Waals surface area contributed by atoms with Gasteiger partial charge in [0.2, 0.25) is 0 Å². The second kappa shape index (κ2) is 13.2. The Kier molecular flexibility index (Phi) is 8.57. The maximum atomic E-state index is 12.9. The number of aromatic nitrogens is 2. The van der Waals surface area contributed by atoms with E-state index < -0.39 is 0 Å². The quantitative estimate of drug-likeness (QED) is 0.209. The molecule has 1 amide bonds. The maximum absolute atomic E-state index is 12.9. The number of ether oxygens (including phenoxy) is 2. The number of nitrogens with zero attached hydrogens (tertiary/aromatic N) is 4. The monoisotopic (exact) mass is 558 g/mol. The molecule has 0 radical (unpaired) electrons. The van der Waals surface area contributed by atoms with Crippen LogP contribution in [0.5, 0.6) is 11.5 Å². The van der Waals surface area contributed by atoms with Crippen molar-refractivity contribution in [2.45, 2.75) is 19.3 Å². The Hall–Kier alpha value is -4.88. The summed E-state index contributed by atoms with van der Waals surface area (Å²) in [6.45, 7) is 3.81. The van der Waals surface area contributed by atoms with Crippen LogP contribution in [0.4, 0.5) is 4.79 Å². The fraction of sp³-hybridized carbons (Fsp3) is 0.200. The minimum Gasteiger partial charge on any atom is -0.489 e. The molecule has 7 nitrogen and oxygen atoms in total. The summed E-state index contributed by atoms with van der Waals surface area (Å²) < 4.78 is 13.5. The molecule has 4 aromatic carbocycles. The van der Waals surface area contributed by atoms with Gasteiger partial charge in [0.15, 0.2) is 0 Å². The van der Waals surface area contributed by atoms with E-state index in [2.05, 4.69) is 58.5 Å². The first-order valence-corrected chi connectivity index (χ1v) is 14.3. The van der Waals surface area contributed by atoms with Gasteiger partial charge in [-0.1, -0.05) is 84.9 Å². The van der Waals surface area contributed by atoms with Crippen LogP contribution in [0.25, 0.3) is 0 Å². The van der Waals surface area contributed by atoms with Crippen LogP contribution in [0.15, 0.2) is 128 Å². The van der Waals surface area contributed by atoms with Crippen LogP contribution in [0.1, 0.15) is 28.3 Å². The fourth-order valence-corrected chi connectivity index (χ4v) is 5.29. The summed E-state index contributed by atoms with van der Waals surface area (Å²) in [4.78, 5) is 17.2. The van der Waals surface area contributed by atoms with Crippen LogP contribution < -0.4 is 9.47 Å². The molecular formula is C35H34N4O3. The highest BCUT2D eigenvalue weighted by molar-refractivity contribution is 5.75. The topological polar surface area (TPSA) is 59.8 Å². The molecule has 0 N–H and O–H groups in total. The van der Waals surface area contributed by atoms with Gasteiger partial charge in [0.05, 0.1) is 6.04 Å². The van der Waals surface area contributed by atoms with Gasteiger partial charge in [-0.2, -0.15) is 9.78 Å². The molecule has 1 fully saturated rings. The standard InChI is InChI=1S/C35H34N4O3/c40-35(39-21-7-20-36-39)38-24-22-37(23-25-38)34(30-12-16-32(17-13-30)41-26-28-8-3-1-4-9-28)31-14-18-33(19-15-31)42-27-29-10-5-2-6-11-29/h1-21,34H,22-27H2. The molecule has 0 atom stereocenters. The normalized spacial score (nSPS) is 13.7. The van der Waals surface area contributed by atoms with Gasteiger partial charge in [-0.25, -0.2) is 4.79 Å². The number of carbonyl (C=O) groups excluding carboxylic acids is 1. The van der Waals surface area contributed by atoms with Gasteiger partial charge in [-0.15, -0.1) is 0 Å². The van der Waals surface area contributed by atoms with E-state index in [1.54, 1.807) is 18.5 Å². The van der Waals surface area contributed by atoms with Gasteiger partial charge < -0.3 is 14.4 Å². The largest absolute Gasteiger partial charge is 0.489 e. The summed E-state index contributed by atoms with van der Waals surface area (Å²) in [6.07, 6.45) is 3.32. The molecule has 0 saturated carbocycles. The maximum Gasteiger partial charge on any atom is 0.344 e. The van der Waals surface area contributed by atoms with Crippen molar-refractivity contribution in [1.29, 1.82) is 0 Å². The van der Waals surface area contributed by atoms with Crippen LogP contribution >= 0.6 is 0 Å². The molecule has 0 bridgehead atoms. The molecule has 7 heteroatoms. The molecule has 212 valence electrons. The molecule has 6 rings (SSSR count). The first kappa shape index (κ1) is 27.3. The van der Waals surface area contributed by atoms with Crippen LogP contribution in [0.3, 0.4) is 0 Å². The lowest BCUT2D eigenvalue weighted by Crippen LogP contribution is -2.51. The molecule has 1 aromatic heterocycles. The van der Waals surface area contributed by atoms with Crippen LogP contribution in [-0.2, 0) is 13.2 Å². The first-order chi connectivity index (χ1) is 20.7. The number of rotatable bonds is 9. The predicted molar refractivity (Wildman–Crippen MR) is 162 cm³/mol. The zero-order valence-electron chi connectivity index (χ0n) is 23.5. The molecule has 0 spiro atoms. The van der Waals surface area contributed by atoms with Crippen molar-refractivity contribution in [3.63, 3.8) is 0 Å². The molecule has 0 aliphatic carbocycles. The van der Waals surface area contributed by atoms with Crippen molar-refractivity contribution >= 4 is 6.03 Å². The van der Waals surface area contributed by atoms with Crippen LogP contribution in [-0.4, -0.2) is 51.8 Å². The zero-order valence-corrected chi connectivity index (χ0v) is 23.5. The molecule has 1 aliphatic rings. The summed E-state index contributed by atoms with van der Waals surface area (Å²) in [6, 6.07) is 38.8. The van der Waals surface area contributed by atoms with E-state index in [1.165, 1.54) is 15.8 Å². The Morgan fingerprint density at radius 2 is 1.14 bits per heavy atom. The molecular weight excluding hydrogens is 524 g/mol. The van der Waals surface area contributed by atoms with Gasteiger partial charge in [0.1, 0.15) is 24.7 Å². The van der Waals surface area contributed by atoms with Gasteiger partial charge >= 0.3 is 6.03 Å². The predicted octanol–water partition coefficient (Wildman–Crippen LogP) is 6.42. The number of amides is 1. The third-order valence-electron chi connectivity index (χ3n) is 7.54. The van der Waals surface area contributed by atoms with E-state index in [4.69, 9.17) is 9.47 Å². The molecule has 1 saturated heterocycles. The van der Waals surface area contributed by atoms with Crippen LogP contribution in [0.2, 0.25) is 0 Å². The third kappa shape index (κ3) is 6.70. The average Bonchev–Trinajstić information content (AvgIpc) is 3.61. The number of piperazine rings is 1. The minimum absolute atomic E-state index is 0.0262. The minimum atomic E-state index is -0.0870. The van der Waals surface area contributed by atoms with Crippen molar-refractivity contribution < 1.29 is 14.3 Å². The number of hydrogen-bond acceptors (Lipinski definition) is 5. The highest BCUT2D eigenvalue weighted by atomic mass is 16.5. The molecule has 5 aromatic rings. The Bertz CT molecular complexity index is 1450. The lowest BCUT2D eigenvalue weighted by molar-refractivity contribution is 0.119. The SMILES string of the molecule is O=C(N1CCN(C(c2ccc(OCc3ccccc3)cc2)c2ccc(OCc3ccccc3)cc2)CC1)n1cccn1. The summed E-state index contributed by atoms with van der Waals surface area (Å²) in [5, 5.41) is 4.11. The second-order valence-electron chi connectivity index (χ2n) is 10.3. The lowest BCUT2D eigenvalue weighted by atomic mass is 9.96. The van der Waals surface area contributed by atoms with Gasteiger partial charge in [-0.3, -0.25) is 4.90 Å². The number of benzene rings is 4. The lowest BCUT2D eigenvalue weighted by Gasteiger charge is -2.39. The van der Waals surface area contributed by atoms with Crippen LogP contribution in [0, 0.1) is 0 Å². The van der Waals surface area contributed by atoms with Crippen molar-refractivity contribution in [1.82, 2.24) is 19.6 Å². The Morgan fingerprint density at radius 3 is 1.60 bits per heavy atom. The zero-order chi connectivity index (χ0) is 28.6. The molecule has 2 heterocycles. The van der Waals surface area contributed by atoms with E-state index in [9.17, 15) is 4.79 Å². The summed E-state index contributed by atoms with van der Waals surface area (Å²) in [7, 11) is 0. The van der Waals surface area contributed by atoms with E-state index in [-0.39, 0.29) is 12.1 Å². The average molecular weight is 559 g/mol. The second-order valence-corrected chi connectivity index (χ2v) is 10.3. The molecule has 0 unspecified atom stereocenters. The third-order valence-corrected chi connectivity index (χ3v) is 7.54. The van der Waals surface area contributed by atoms with E-state index >= 15 is 0 Å². The van der Waals surface area contributed by atoms with E-state index in [1.807, 2.05) is 65.6 Å². The van der Waals surface area contributed by atoms with Crippen molar-refractivity contribution in [3.8, 4) is 11.5 Å². The summed E-state index contributed by atoms with van der Waals surface area (Å²) in [5.74, 6) is 1.67. The Morgan fingerprint density at radius 1 is 0.643 bits per heavy atom. The fourth-order valence-electron chi connectivity index (χ4n) is 5.29. The first-order valence-electron chi connectivity index (χ1n) is 14.3. The smallest absolute Gasteiger partial charge is 0.344 e. The number of carbonyl (C=O) groups is 1. The summed E-state index contributed by atoms with van der Waals surface area (Å²) in [5.41, 5.74) is 4.62. The Labute approximate surface area is 246 Å². The van der Waals surface area contributed by atoms with Crippen molar-refractivity contribution in [2.75, 3.05) is 26.2 Å². The highest BCUT2D eigenvalue weighted by Gasteiger charge is 2.29. The van der Waals surface area contributed by atoms with Crippen molar-refractivity contribution in [2.24, 2.45) is 0 Å². The molecule has 1 aliphatic heterocycles. The van der Waals surface area contributed by atoms with Crippen molar-refractivity contribution in [3.05, 3.63) is 150 Å². The molecule has 42 heavy (non-hydrogen) atoms. The summed E-state index contributed by atoms with van der Waals surface area (Å²) >= 11 is 0. The van der Waals surface area contributed by atoms with Gasteiger partial charge in [-0.05, 0) is 52.6 Å². The van der Waals surface area contributed by atoms with E-state index in [0.717, 1.165) is 35.7 Å². The van der Waals surface area contributed by atoms with E-state index in [0.29, 0.717) is 26.3 Å². The highest BCUT2D eigenvalue weighted by Crippen LogP contribution is 2.32. The van der Waals surface area contributed by atoms with Gasteiger partial charge in [0, 0.05) is 38.6 Å². The Balaban J connectivity index is 1.18. The van der Waals surface area contributed by atoms with Gasteiger partial charge in [0.25, 0.3) is 0 Å². The number of hydrogen-bond donors (Lipinski definition) is 0.